The fourth-order valence-electron chi connectivity index (χ4n) is 9.02. The summed E-state index contributed by atoms with van der Waals surface area (Å²) in [5.41, 5.74) is 3.59. The van der Waals surface area contributed by atoms with E-state index in [1.54, 1.807) is 6.92 Å². The third kappa shape index (κ3) is 5.48. The molecule has 4 aliphatic carbocycles. The first-order valence-corrected chi connectivity index (χ1v) is 15.1. The number of ketones is 1. The minimum atomic E-state index is -0.900. The molecule has 7 atom stereocenters. The molecule has 4 aliphatic rings. The van der Waals surface area contributed by atoms with Gasteiger partial charge in [-0.1, -0.05) is 54.9 Å². The van der Waals surface area contributed by atoms with E-state index in [0.29, 0.717) is 23.5 Å². The van der Waals surface area contributed by atoms with E-state index in [9.17, 15) is 19.5 Å². The lowest BCUT2D eigenvalue weighted by Crippen LogP contribution is -2.51. The van der Waals surface area contributed by atoms with Gasteiger partial charge in [-0.3, -0.25) is 14.4 Å². The summed E-state index contributed by atoms with van der Waals surface area (Å²) in [7, 11) is 0. The second kappa shape index (κ2) is 11.5. The van der Waals surface area contributed by atoms with Gasteiger partial charge < -0.3 is 15.3 Å². The Morgan fingerprint density at radius 2 is 1.82 bits per heavy atom. The number of fused-ring (bicyclic) bond motifs is 5. The van der Waals surface area contributed by atoms with Crippen LogP contribution in [0.25, 0.3) is 0 Å². The number of oxime groups is 1. The number of nitrogens with zero attached hydrogens (tertiary/aromatic N) is 1. The summed E-state index contributed by atoms with van der Waals surface area (Å²) in [5.74, 6) is 1.13. The Kier molecular flexibility index (Phi) is 8.21. The van der Waals surface area contributed by atoms with Crippen molar-refractivity contribution in [2.24, 2.45) is 39.7 Å². The number of hydrogen-bond donors (Lipinski definition) is 2. The molecule has 216 valence electrons. The number of nitrogens with one attached hydrogen (secondary N) is 1. The zero-order valence-corrected chi connectivity index (χ0v) is 24.2. The molecule has 7 heteroatoms. The zero-order chi connectivity index (χ0) is 28.5. The molecule has 40 heavy (non-hydrogen) atoms. The lowest BCUT2D eigenvalue weighted by Gasteiger charge is -2.58. The highest BCUT2D eigenvalue weighted by Crippen LogP contribution is 2.66. The van der Waals surface area contributed by atoms with Crippen LogP contribution in [0, 0.1) is 34.5 Å². The van der Waals surface area contributed by atoms with E-state index in [1.807, 2.05) is 30.3 Å². The van der Waals surface area contributed by atoms with E-state index in [4.69, 9.17) is 4.84 Å². The van der Waals surface area contributed by atoms with Crippen LogP contribution in [-0.2, 0) is 19.2 Å². The van der Waals surface area contributed by atoms with Gasteiger partial charge in [0, 0.05) is 18.4 Å². The minimum Gasteiger partial charge on any atom is -0.481 e. The second-order valence-electron chi connectivity index (χ2n) is 13.2. The highest BCUT2D eigenvalue weighted by Gasteiger charge is 2.59. The maximum absolute atomic E-state index is 12.4. The number of Topliss-reactive ketones (excluding diaryl/α,β-unsaturated/α-hetero) is 1. The number of carboxylic acid groups (broad SMARTS) is 1. The largest absolute Gasteiger partial charge is 0.481 e. The summed E-state index contributed by atoms with van der Waals surface area (Å²) in [5, 5.41) is 16.4. The van der Waals surface area contributed by atoms with E-state index in [1.165, 1.54) is 24.8 Å². The summed E-state index contributed by atoms with van der Waals surface area (Å²) in [6.07, 6.45) is 10.9. The van der Waals surface area contributed by atoms with Crippen molar-refractivity contribution in [2.75, 3.05) is 13.2 Å². The number of carbonyl (C=O) groups excluding carboxylic acids is 2. The molecule has 1 amide bonds. The van der Waals surface area contributed by atoms with Crippen LogP contribution in [0.4, 0.5) is 0 Å². The van der Waals surface area contributed by atoms with Crippen molar-refractivity contribution in [3.8, 4) is 0 Å². The van der Waals surface area contributed by atoms with Crippen molar-refractivity contribution in [2.45, 2.75) is 84.5 Å². The Morgan fingerprint density at radius 1 is 1.05 bits per heavy atom. The van der Waals surface area contributed by atoms with Gasteiger partial charge in [0.15, 0.2) is 6.61 Å². The molecule has 0 aliphatic heterocycles. The predicted molar refractivity (Wildman–Crippen MR) is 154 cm³/mol. The molecule has 5 rings (SSSR count). The summed E-state index contributed by atoms with van der Waals surface area (Å²) < 4.78 is 0. The molecule has 0 aromatic heterocycles. The molecule has 0 spiro atoms. The molecule has 0 unspecified atom stereocenters. The van der Waals surface area contributed by atoms with Gasteiger partial charge in [0.05, 0.1) is 12.1 Å². The quantitative estimate of drug-likeness (QED) is 0.374. The molecule has 1 aromatic rings. The van der Waals surface area contributed by atoms with Crippen LogP contribution in [0.5, 0.6) is 0 Å². The lowest BCUT2D eigenvalue weighted by atomic mass is 9.46. The summed E-state index contributed by atoms with van der Waals surface area (Å²) in [6, 6.07) is 9.37. The highest BCUT2D eigenvalue weighted by molar-refractivity contribution is 5.96. The molecule has 0 saturated heterocycles. The average molecular weight is 549 g/mol. The molecule has 7 nitrogen and oxygen atoms in total. The van der Waals surface area contributed by atoms with Crippen molar-refractivity contribution >= 4 is 23.4 Å². The van der Waals surface area contributed by atoms with Gasteiger partial charge in [-0.2, -0.15) is 0 Å². The minimum absolute atomic E-state index is 0.0566. The third-order valence-electron chi connectivity index (χ3n) is 11.1. The Bertz CT molecular complexity index is 1190. The molecule has 3 saturated carbocycles. The van der Waals surface area contributed by atoms with Crippen molar-refractivity contribution in [3.63, 3.8) is 0 Å². The number of allylic oxidation sites excluding steroid dienone is 2. The van der Waals surface area contributed by atoms with Crippen LogP contribution >= 0.6 is 0 Å². The first-order valence-electron chi connectivity index (χ1n) is 15.1. The Hall–Kier alpha value is -2.96. The molecule has 0 bridgehead atoms. The summed E-state index contributed by atoms with van der Waals surface area (Å²) >= 11 is 0. The van der Waals surface area contributed by atoms with Gasteiger partial charge in [-0.15, -0.1) is 0 Å². The van der Waals surface area contributed by atoms with E-state index in [-0.39, 0.29) is 48.1 Å². The summed E-state index contributed by atoms with van der Waals surface area (Å²) in [6.45, 7) is 6.67. The lowest BCUT2D eigenvalue weighted by molar-refractivity contribution is -0.137. The van der Waals surface area contributed by atoms with Crippen LogP contribution in [-0.4, -0.2) is 41.6 Å². The zero-order valence-electron chi connectivity index (χ0n) is 24.2. The normalized spacial score (nSPS) is 34.6. The number of hydrogen-bond acceptors (Lipinski definition) is 5. The summed E-state index contributed by atoms with van der Waals surface area (Å²) in [4.78, 5) is 41.6. The van der Waals surface area contributed by atoms with Crippen LogP contribution < -0.4 is 5.32 Å². The van der Waals surface area contributed by atoms with E-state index in [0.717, 1.165) is 43.4 Å². The monoisotopic (exact) mass is 548 g/mol. The maximum Gasteiger partial charge on any atom is 0.304 e. The Labute approximate surface area is 237 Å². The number of benzene rings is 1. The van der Waals surface area contributed by atoms with Gasteiger partial charge >= 0.3 is 5.97 Å². The fraction of sp³-hybridized carbons (Fsp3) is 0.636. The SMILES string of the molecule is CC(=O)[C@H]1CC[C@H]2[C@H]3CCC4=CC(=NOCC(=O)NC[C@@H](CC(=O)O)c5ccccc5)CC[C@]4(C)[C@H]3CC[C@]12C. The van der Waals surface area contributed by atoms with Crippen molar-refractivity contribution in [1.29, 1.82) is 0 Å². The van der Waals surface area contributed by atoms with E-state index in [2.05, 4.69) is 30.4 Å². The molecule has 1 aromatic carbocycles. The number of amides is 1. The van der Waals surface area contributed by atoms with E-state index < -0.39 is 5.97 Å². The predicted octanol–water partition coefficient (Wildman–Crippen LogP) is 5.90. The molecule has 3 fully saturated rings. The Morgan fingerprint density at radius 3 is 2.55 bits per heavy atom. The fourth-order valence-corrected chi connectivity index (χ4v) is 9.02. The number of aliphatic carboxylic acids is 1. The average Bonchev–Trinajstić information content (AvgIpc) is 3.29. The molecular formula is C33H44N2O5. The van der Waals surface area contributed by atoms with Crippen LogP contribution in [0.1, 0.15) is 90.0 Å². The second-order valence-corrected chi connectivity index (χ2v) is 13.2. The first kappa shape index (κ1) is 28.6. The Balaban J connectivity index is 1.17. The topological polar surface area (TPSA) is 105 Å². The van der Waals surface area contributed by atoms with Crippen LogP contribution in [0.3, 0.4) is 0 Å². The smallest absolute Gasteiger partial charge is 0.304 e. The molecule has 0 radical (unpaired) electrons. The highest BCUT2D eigenvalue weighted by atomic mass is 16.6. The van der Waals surface area contributed by atoms with Crippen molar-refractivity contribution in [1.82, 2.24) is 5.32 Å². The third-order valence-corrected chi connectivity index (χ3v) is 11.1. The van der Waals surface area contributed by atoms with Gasteiger partial charge in [-0.05, 0) is 98.5 Å². The molecule has 0 heterocycles. The molecular weight excluding hydrogens is 504 g/mol. The van der Waals surface area contributed by atoms with Gasteiger partial charge in [-0.25, -0.2) is 0 Å². The van der Waals surface area contributed by atoms with Gasteiger partial charge in [0.1, 0.15) is 5.78 Å². The maximum atomic E-state index is 12.4. The van der Waals surface area contributed by atoms with Gasteiger partial charge in [0.2, 0.25) is 0 Å². The van der Waals surface area contributed by atoms with E-state index >= 15 is 0 Å². The number of carbonyl (C=O) groups is 3. The van der Waals surface area contributed by atoms with Crippen molar-refractivity contribution in [3.05, 3.63) is 47.5 Å². The van der Waals surface area contributed by atoms with Gasteiger partial charge in [0.25, 0.3) is 5.91 Å². The number of rotatable bonds is 9. The molecule has 2 N–H and O–H groups in total. The van der Waals surface area contributed by atoms with Crippen molar-refractivity contribution < 1.29 is 24.3 Å². The number of carboxylic acids is 1. The first-order chi connectivity index (χ1) is 19.1. The standard InChI is InChI=1S/C33H44N2O5/c1-21(36)27-11-12-28-26-10-9-24-18-25(13-15-32(24,2)29(26)14-16-33(27,28)3)35-40-20-30(37)34-19-23(17-31(38)39)22-7-5-4-6-8-22/h4-8,18,23,26-29H,9-17,19-20H2,1-3H3,(H,34,37)(H,38,39)/t23-,26-,27-,28+,29+,32+,33-/m1/s1. The van der Waals surface area contributed by atoms with Crippen LogP contribution in [0.2, 0.25) is 0 Å². The van der Waals surface area contributed by atoms with Crippen LogP contribution in [0.15, 0.2) is 47.1 Å².